The van der Waals surface area contributed by atoms with E-state index in [0.29, 0.717) is 24.5 Å². The fourth-order valence-corrected chi connectivity index (χ4v) is 2.08. The average Bonchev–Trinajstić information content (AvgIpc) is 3.12. The lowest BCUT2D eigenvalue weighted by Crippen LogP contribution is -2.25. The maximum absolute atomic E-state index is 12.1. The summed E-state index contributed by atoms with van der Waals surface area (Å²) in [6, 6.07) is 5.31. The van der Waals surface area contributed by atoms with Crippen molar-refractivity contribution in [3.8, 4) is 0 Å². The average molecular weight is 285 g/mol. The lowest BCUT2D eigenvalue weighted by Gasteiger charge is -2.03. The van der Waals surface area contributed by atoms with Crippen LogP contribution in [0.3, 0.4) is 0 Å². The lowest BCUT2D eigenvalue weighted by molar-refractivity contribution is 0.0949. The first-order valence-corrected chi connectivity index (χ1v) is 6.60. The number of nitrogen functional groups attached to an aromatic ring is 1. The van der Waals surface area contributed by atoms with Gasteiger partial charge < -0.3 is 11.1 Å². The monoisotopic (exact) mass is 285 g/mol. The molecule has 0 aliphatic heterocycles. The number of rotatable bonds is 5. The van der Waals surface area contributed by atoms with Crippen molar-refractivity contribution >= 4 is 22.5 Å². The number of carbonyl (C=O) groups excluding carboxylic acids is 1. The third kappa shape index (κ3) is 2.83. The Kier molecular flexibility index (Phi) is 3.50. The molecular formula is C13H15N7O. The Morgan fingerprint density at radius 3 is 3.14 bits per heavy atom. The Labute approximate surface area is 120 Å². The number of aryl methyl sites for hydroxylation is 1. The minimum absolute atomic E-state index is 0.217. The van der Waals surface area contributed by atoms with Gasteiger partial charge in [0.1, 0.15) is 0 Å². The van der Waals surface area contributed by atoms with Crippen LogP contribution >= 0.6 is 0 Å². The van der Waals surface area contributed by atoms with Crippen molar-refractivity contribution in [1.82, 2.24) is 30.5 Å². The van der Waals surface area contributed by atoms with Crippen molar-refractivity contribution in [1.29, 1.82) is 0 Å². The first-order valence-electron chi connectivity index (χ1n) is 6.60. The van der Waals surface area contributed by atoms with Crippen molar-refractivity contribution in [2.24, 2.45) is 0 Å². The summed E-state index contributed by atoms with van der Waals surface area (Å²) in [6.07, 6.45) is 4.17. The van der Waals surface area contributed by atoms with Gasteiger partial charge in [-0.15, -0.1) is 5.10 Å². The van der Waals surface area contributed by atoms with E-state index in [-0.39, 0.29) is 5.91 Å². The van der Waals surface area contributed by atoms with Crippen molar-refractivity contribution < 1.29 is 4.79 Å². The van der Waals surface area contributed by atoms with Crippen LogP contribution in [0.1, 0.15) is 16.9 Å². The number of benzene rings is 1. The van der Waals surface area contributed by atoms with Crippen LogP contribution in [0.25, 0.3) is 10.9 Å². The number of nitrogens with one attached hydrogen (secondary N) is 2. The topological polar surface area (TPSA) is 115 Å². The number of hydrogen-bond acceptors (Lipinski definition) is 5. The van der Waals surface area contributed by atoms with Crippen molar-refractivity contribution in [2.45, 2.75) is 13.0 Å². The molecule has 2 heterocycles. The Hall–Kier alpha value is -2.90. The van der Waals surface area contributed by atoms with E-state index in [9.17, 15) is 4.79 Å². The van der Waals surface area contributed by atoms with Gasteiger partial charge >= 0.3 is 0 Å². The summed E-state index contributed by atoms with van der Waals surface area (Å²) in [5.74, 6) is -0.217. The second kappa shape index (κ2) is 5.61. The zero-order valence-electron chi connectivity index (χ0n) is 11.3. The smallest absolute Gasteiger partial charge is 0.272 e. The van der Waals surface area contributed by atoms with Crippen molar-refractivity contribution in [2.75, 3.05) is 12.3 Å². The molecule has 0 saturated carbocycles. The van der Waals surface area contributed by atoms with Gasteiger partial charge in [0.2, 0.25) is 0 Å². The van der Waals surface area contributed by atoms with Gasteiger partial charge in [0.05, 0.1) is 11.7 Å². The van der Waals surface area contributed by atoms with Gasteiger partial charge in [-0.3, -0.25) is 14.6 Å². The van der Waals surface area contributed by atoms with Crippen LogP contribution in [0.4, 0.5) is 5.69 Å². The van der Waals surface area contributed by atoms with E-state index in [1.165, 1.54) is 0 Å². The molecule has 8 nitrogen and oxygen atoms in total. The Balaban J connectivity index is 1.60. The molecule has 2 aromatic heterocycles. The molecule has 0 radical (unpaired) electrons. The van der Waals surface area contributed by atoms with Crippen LogP contribution in [-0.2, 0) is 6.54 Å². The van der Waals surface area contributed by atoms with Gasteiger partial charge in [-0.25, -0.2) is 0 Å². The number of aromatic nitrogens is 5. The standard InChI is InChI=1S/C13H15N7O/c14-9-2-3-11-10(8-9)12(18-17-11)13(21)15-4-1-6-20-7-5-16-19-20/h2-3,5,7-8H,1,4,6,14H2,(H,15,21)(H,17,18). The SMILES string of the molecule is Nc1ccc2[nH]nc(C(=O)NCCCn3ccnn3)c2c1. The van der Waals surface area contributed by atoms with E-state index in [1.54, 1.807) is 35.3 Å². The van der Waals surface area contributed by atoms with Gasteiger partial charge in [-0.1, -0.05) is 5.21 Å². The molecule has 0 aliphatic carbocycles. The van der Waals surface area contributed by atoms with Gasteiger partial charge in [0, 0.05) is 30.4 Å². The fraction of sp³-hybridized carbons (Fsp3) is 0.231. The molecule has 0 fully saturated rings. The Bertz CT molecular complexity index is 747. The second-order valence-electron chi connectivity index (χ2n) is 4.65. The van der Waals surface area contributed by atoms with Crippen LogP contribution in [0.2, 0.25) is 0 Å². The number of H-pyrrole nitrogens is 1. The summed E-state index contributed by atoms with van der Waals surface area (Å²) < 4.78 is 1.72. The molecule has 0 atom stereocenters. The normalized spacial score (nSPS) is 10.9. The minimum atomic E-state index is -0.217. The summed E-state index contributed by atoms with van der Waals surface area (Å²) in [6.45, 7) is 1.24. The van der Waals surface area contributed by atoms with E-state index in [0.717, 1.165) is 17.3 Å². The van der Waals surface area contributed by atoms with E-state index in [2.05, 4.69) is 25.8 Å². The number of nitrogens with two attached hydrogens (primary N) is 1. The van der Waals surface area contributed by atoms with Crippen molar-refractivity contribution in [3.63, 3.8) is 0 Å². The number of hydrogen-bond donors (Lipinski definition) is 3. The fourth-order valence-electron chi connectivity index (χ4n) is 2.08. The second-order valence-corrected chi connectivity index (χ2v) is 4.65. The highest BCUT2D eigenvalue weighted by Gasteiger charge is 2.13. The summed E-state index contributed by atoms with van der Waals surface area (Å²) in [7, 11) is 0. The molecule has 1 amide bonds. The number of anilines is 1. The first kappa shape index (κ1) is 13.1. The molecular weight excluding hydrogens is 270 g/mol. The molecule has 0 spiro atoms. The molecule has 4 N–H and O–H groups in total. The van der Waals surface area contributed by atoms with Gasteiger partial charge in [-0.2, -0.15) is 5.10 Å². The van der Waals surface area contributed by atoms with Gasteiger partial charge in [-0.05, 0) is 24.6 Å². The largest absolute Gasteiger partial charge is 0.399 e. The number of nitrogens with zero attached hydrogens (tertiary/aromatic N) is 4. The number of aromatic amines is 1. The van der Waals surface area contributed by atoms with Crippen molar-refractivity contribution in [3.05, 3.63) is 36.3 Å². The van der Waals surface area contributed by atoms with Gasteiger partial charge in [0.15, 0.2) is 5.69 Å². The molecule has 0 unspecified atom stereocenters. The summed E-state index contributed by atoms with van der Waals surface area (Å²) in [4.78, 5) is 12.1. The molecule has 21 heavy (non-hydrogen) atoms. The zero-order chi connectivity index (χ0) is 14.7. The highest BCUT2D eigenvalue weighted by molar-refractivity contribution is 6.05. The molecule has 108 valence electrons. The van der Waals surface area contributed by atoms with Crippen LogP contribution in [0.15, 0.2) is 30.6 Å². The molecule has 3 aromatic rings. The van der Waals surface area contributed by atoms with E-state index >= 15 is 0 Å². The molecule has 1 aromatic carbocycles. The summed E-state index contributed by atoms with van der Waals surface area (Å²) in [5, 5.41) is 18.0. The molecule has 0 bridgehead atoms. The zero-order valence-corrected chi connectivity index (χ0v) is 11.3. The highest BCUT2D eigenvalue weighted by Crippen LogP contribution is 2.18. The predicted octanol–water partition coefficient (Wildman–Crippen LogP) is 0.557. The first-order chi connectivity index (χ1) is 10.2. The molecule has 8 heteroatoms. The van der Waals surface area contributed by atoms with Gasteiger partial charge in [0.25, 0.3) is 5.91 Å². The minimum Gasteiger partial charge on any atom is -0.399 e. The number of fused-ring (bicyclic) bond motifs is 1. The van der Waals surface area contributed by atoms with Crippen LogP contribution in [0.5, 0.6) is 0 Å². The Morgan fingerprint density at radius 2 is 2.33 bits per heavy atom. The van der Waals surface area contributed by atoms with Crippen LogP contribution in [-0.4, -0.2) is 37.6 Å². The van der Waals surface area contributed by atoms with E-state index in [4.69, 9.17) is 5.73 Å². The molecule has 3 rings (SSSR count). The molecule has 0 aliphatic rings. The Morgan fingerprint density at radius 1 is 1.43 bits per heavy atom. The number of amides is 1. The molecule has 0 saturated heterocycles. The van der Waals surface area contributed by atoms with Crippen LogP contribution < -0.4 is 11.1 Å². The highest BCUT2D eigenvalue weighted by atomic mass is 16.1. The summed E-state index contributed by atoms with van der Waals surface area (Å²) in [5.41, 5.74) is 7.49. The van der Waals surface area contributed by atoms with E-state index < -0.39 is 0 Å². The predicted molar refractivity (Wildman–Crippen MR) is 77.5 cm³/mol. The lowest BCUT2D eigenvalue weighted by atomic mass is 10.2. The van der Waals surface area contributed by atoms with Crippen LogP contribution in [0, 0.1) is 0 Å². The van der Waals surface area contributed by atoms with E-state index in [1.807, 2.05) is 0 Å². The quantitative estimate of drug-likeness (QED) is 0.468. The maximum Gasteiger partial charge on any atom is 0.272 e. The maximum atomic E-state index is 12.1. The number of carbonyl (C=O) groups is 1. The summed E-state index contributed by atoms with van der Waals surface area (Å²) >= 11 is 0. The third-order valence-corrected chi connectivity index (χ3v) is 3.12. The third-order valence-electron chi connectivity index (χ3n) is 3.12.